The Morgan fingerprint density at radius 3 is 2.32 bits per heavy atom. The lowest BCUT2D eigenvalue weighted by molar-refractivity contribution is -0.736. The third-order valence-electron chi connectivity index (χ3n) is 1.93. The van der Waals surface area contributed by atoms with E-state index in [2.05, 4.69) is 14.3 Å². The largest absolute Gasteiger partial charge is 0.515 e. The van der Waals surface area contributed by atoms with E-state index < -0.39 is 18.7 Å². The minimum absolute atomic E-state index is 0.270. The van der Waals surface area contributed by atoms with E-state index in [0.717, 1.165) is 7.11 Å². The molecule has 0 atom stereocenters. The first-order valence-electron chi connectivity index (χ1n) is 5.09. The summed E-state index contributed by atoms with van der Waals surface area (Å²) in [5, 5.41) is 0. The third-order valence-corrected chi connectivity index (χ3v) is 1.93. The molecule has 0 saturated heterocycles. The molecular formula is C11H12NO7+. The van der Waals surface area contributed by atoms with Crippen LogP contribution in [0.4, 0.5) is 10.5 Å². The minimum atomic E-state index is -1.11. The zero-order valence-electron chi connectivity index (χ0n) is 10.3. The van der Waals surface area contributed by atoms with Crippen LogP contribution in [0.2, 0.25) is 0 Å². The summed E-state index contributed by atoms with van der Waals surface area (Å²) in [6, 6.07) is 5.81. The SMILES string of the molecule is COC(=O)OC(=O)COc1ccc([N+](=O)OC)cc1. The topological polar surface area (TPSA) is 91.1 Å². The molecule has 0 unspecified atom stereocenters. The van der Waals surface area contributed by atoms with Crippen LogP contribution in [0.15, 0.2) is 24.3 Å². The number of rotatable bonds is 5. The minimum Gasteiger partial charge on any atom is -0.482 e. The van der Waals surface area contributed by atoms with Crippen molar-refractivity contribution >= 4 is 17.8 Å². The van der Waals surface area contributed by atoms with Crippen LogP contribution in [0.3, 0.4) is 0 Å². The summed E-state index contributed by atoms with van der Waals surface area (Å²) in [6.07, 6.45) is -1.11. The van der Waals surface area contributed by atoms with Gasteiger partial charge in [-0.1, -0.05) is 0 Å². The van der Waals surface area contributed by atoms with Gasteiger partial charge in [-0.3, -0.25) is 0 Å². The molecule has 0 bridgehead atoms. The van der Waals surface area contributed by atoms with Crippen molar-refractivity contribution in [1.29, 1.82) is 0 Å². The molecule has 0 aliphatic carbocycles. The molecule has 8 heteroatoms. The molecule has 0 fully saturated rings. The molecule has 102 valence electrons. The Hall–Kier alpha value is -2.64. The summed E-state index contributed by atoms with van der Waals surface area (Å²) in [4.78, 5) is 37.5. The van der Waals surface area contributed by atoms with Gasteiger partial charge in [-0.25, -0.2) is 14.4 Å². The van der Waals surface area contributed by atoms with E-state index in [1.165, 1.54) is 31.4 Å². The quantitative estimate of drug-likeness (QED) is 0.453. The second-order valence-electron chi connectivity index (χ2n) is 3.15. The Morgan fingerprint density at radius 2 is 1.79 bits per heavy atom. The van der Waals surface area contributed by atoms with Crippen molar-refractivity contribution in [1.82, 2.24) is 0 Å². The highest BCUT2D eigenvalue weighted by Gasteiger charge is 2.14. The molecule has 8 nitrogen and oxygen atoms in total. The molecule has 19 heavy (non-hydrogen) atoms. The molecule has 0 aromatic heterocycles. The molecule has 0 radical (unpaired) electrons. The number of benzene rings is 1. The second kappa shape index (κ2) is 6.94. The van der Waals surface area contributed by atoms with Crippen molar-refractivity contribution in [2.24, 2.45) is 0 Å². The Balaban J connectivity index is 2.48. The fourth-order valence-corrected chi connectivity index (χ4v) is 1.08. The number of esters is 1. The first-order valence-corrected chi connectivity index (χ1v) is 5.09. The summed E-state index contributed by atoms with van der Waals surface area (Å²) in [7, 11) is 2.32. The number of ether oxygens (including phenoxy) is 3. The Bertz CT molecular complexity index is 468. The molecule has 1 rings (SSSR count). The van der Waals surface area contributed by atoms with E-state index in [4.69, 9.17) is 4.74 Å². The molecule has 0 N–H and O–H groups in total. The molecule has 0 saturated carbocycles. The van der Waals surface area contributed by atoms with Crippen molar-refractivity contribution < 1.29 is 33.6 Å². The first-order chi connectivity index (χ1) is 9.06. The van der Waals surface area contributed by atoms with Crippen molar-refractivity contribution in [3.63, 3.8) is 0 Å². The van der Waals surface area contributed by atoms with Gasteiger partial charge in [0.2, 0.25) is 0 Å². The molecule has 0 amide bonds. The Labute approximate surface area is 108 Å². The van der Waals surface area contributed by atoms with E-state index in [0.29, 0.717) is 10.7 Å². The molecule has 0 aliphatic rings. The lowest BCUT2D eigenvalue weighted by atomic mass is 10.3. The predicted molar refractivity (Wildman–Crippen MR) is 60.7 cm³/mol. The van der Waals surface area contributed by atoms with Crippen LogP contribution >= 0.6 is 0 Å². The van der Waals surface area contributed by atoms with Crippen LogP contribution in [0, 0.1) is 4.91 Å². The van der Waals surface area contributed by atoms with Gasteiger partial charge in [-0.2, -0.15) is 0 Å². The number of hydrogen-bond acceptors (Lipinski definition) is 7. The normalized spacial score (nSPS) is 9.37. The van der Waals surface area contributed by atoms with Gasteiger partial charge in [0.05, 0.1) is 12.0 Å². The van der Waals surface area contributed by atoms with Crippen LogP contribution in [0.25, 0.3) is 0 Å². The van der Waals surface area contributed by atoms with Crippen molar-refractivity contribution in [2.45, 2.75) is 0 Å². The van der Waals surface area contributed by atoms with E-state index >= 15 is 0 Å². The van der Waals surface area contributed by atoms with Gasteiger partial charge in [-0.15, -0.1) is 0 Å². The van der Waals surface area contributed by atoms with E-state index in [-0.39, 0.29) is 5.69 Å². The number of carbonyl (C=O) groups is 2. The van der Waals surface area contributed by atoms with Crippen molar-refractivity contribution in [2.75, 3.05) is 20.8 Å². The number of methoxy groups -OCH3 is 1. The molecule has 0 heterocycles. The van der Waals surface area contributed by atoms with Gasteiger partial charge >= 0.3 is 17.8 Å². The maximum absolute atomic E-state index is 11.1. The monoisotopic (exact) mass is 270 g/mol. The van der Waals surface area contributed by atoms with E-state index in [1.807, 2.05) is 0 Å². The maximum atomic E-state index is 11.1. The Morgan fingerprint density at radius 1 is 1.16 bits per heavy atom. The first kappa shape index (κ1) is 14.4. The molecule has 1 aromatic carbocycles. The summed E-state index contributed by atoms with van der Waals surface area (Å²) in [5.74, 6) is -0.562. The fraction of sp³-hybridized carbons (Fsp3) is 0.273. The number of carbonyl (C=O) groups excluding carboxylic acids is 2. The van der Waals surface area contributed by atoms with Gasteiger partial charge in [0.25, 0.3) is 4.92 Å². The summed E-state index contributed by atoms with van der Waals surface area (Å²) >= 11 is 0. The second-order valence-corrected chi connectivity index (χ2v) is 3.15. The van der Waals surface area contributed by atoms with Gasteiger partial charge in [0.15, 0.2) is 13.7 Å². The van der Waals surface area contributed by atoms with E-state index in [9.17, 15) is 14.5 Å². The predicted octanol–water partition coefficient (Wildman–Crippen LogP) is 1.35. The van der Waals surface area contributed by atoms with Gasteiger partial charge in [0, 0.05) is 12.1 Å². The van der Waals surface area contributed by atoms with Gasteiger partial charge < -0.3 is 14.2 Å². The van der Waals surface area contributed by atoms with Crippen LogP contribution in [0.5, 0.6) is 5.75 Å². The maximum Gasteiger partial charge on any atom is 0.515 e. The molecule has 1 aromatic rings. The van der Waals surface area contributed by atoms with Crippen molar-refractivity contribution in [3.05, 3.63) is 29.2 Å². The highest BCUT2D eigenvalue weighted by atomic mass is 16.8. The van der Waals surface area contributed by atoms with Crippen LogP contribution in [-0.4, -0.2) is 37.9 Å². The lowest BCUT2D eigenvalue weighted by Gasteiger charge is -2.04. The van der Waals surface area contributed by atoms with Gasteiger partial charge in [0.1, 0.15) is 5.75 Å². The molecular weight excluding hydrogens is 258 g/mol. The average Bonchev–Trinajstić information content (AvgIpc) is 2.44. The van der Waals surface area contributed by atoms with Crippen LogP contribution in [-0.2, 0) is 19.1 Å². The molecule has 0 spiro atoms. The summed E-state index contributed by atoms with van der Waals surface area (Å²) < 4.78 is 13.4. The average molecular weight is 270 g/mol. The van der Waals surface area contributed by atoms with Gasteiger partial charge in [-0.05, 0) is 12.1 Å². The zero-order valence-corrected chi connectivity index (χ0v) is 10.3. The van der Waals surface area contributed by atoms with Crippen LogP contribution < -0.4 is 4.74 Å². The van der Waals surface area contributed by atoms with Crippen LogP contribution in [0.1, 0.15) is 0 Å². The summed E-state index contributed by atoms with van der Waals surface area (Å²) in [6.45, 7) is -0.459. The number of nitrogens with zero attached hydrogens (tertiary/aromatic N) is 1. The highest BCUT2D eigenvalue weighted by Crippen LogP contribution is 2.17. The molecule has 0 aliphatic heterocycles. The van der Waals surface area contributed by atoms with E-state index in [1.54, 1.807) is 0 Å². The van der Waals surface area contributed by atoms with Crippen molar-refractivity contribution in [3.8, 4) is 5.75 Å². The third kappa shape index (κ3) is 4.62. The smallest absolute Gasteiger partial charge is 0.482 e. The standard InChI is InChI=1S/C11H12NO7/c1-16-11(14)19-10(13)7-18-9-5-3-8(4-6-9)12(15)17-2/h3-6H,7H2,1-2H3/q+1. The zero-order chi connectivity index (χ0) is 14.3. The highest BCUT2D eigenvalue weighted by molar-refractivity contribution is 5.82. The fourth-order valence-electron chi connectivity index (χ4n) is 1.08. The summed E-state index contributed by atoms with van der Waals surface area (Å²) in [5.41, 5.74) is 0.270. The Kier molecular flexibility index (Phi) is 5.27. The number of hydrogen-bond donors (Lipinski definition) is 0. The lowest BCUT2D eigenvalue weighted by Crippen LogP contribution is -2.18.